The van der Waals surface area contributed by atoms with Gasteiger partial charge in [-0.15, -0.1) is 11.3 Å². The number of aromatic nitrogens is 4. The number of aryl methyl sites for hydroxylation is 2. The van der Waals surface area contributed by atoms with Gasteiger partial charge in [-0.2, -0.15) is 15.0 Å². The van der Waals surface area contributed by atoms with Crippen LogP contribution in [0, 0.1) is 13.8 Å². The van der Waals surface area contributed by atoms with E-state index >= 15 is 0 Å². The van der Waals surface area contributed by atoms with E-state index in [2.05, 4.69) is 19.9 Å². The molecule has 2 rings (SSSR count). The molecule has 19 heavy (non-hydrogen) atoms. The molecule has 4 N–H and O–H groups in total. The molecule has 2 aromatic rings. The van der Waals surface area contributed by atoms with E-state index in [1.807, 2.05) is 6.92 Å². The largest absolute Gasteiger partial charge is 0.453 e. The van der Waals surface area contributed by atoms with Crippen LogP contribution in [0.5, 0.6) is 0 Å². The number of nitrogens with two attached hydrogens (primary N) is 2. The van der Waals surface area contributed by atoms with Crippen LogP contribution in [0.25, 0.3) is 0 Å². The second kappa shape index (κ2) is 5.14. The normalized spacial score (nSPS) is 10.4. The monoisotopic (exact) mass is 280 g/mol. The van der Waals surface area contributed by atoms with Crippen molar-refractivity contribution in [3.63, 3.8) is 0 Å². The van der Waals surface area contributed by atoms with Crippen LogP contribution >= 0.6 is 11.3 Å². The molecule has 0 aliphatic carbocycles. The van der Waals surface area contributed by atoms with Crippen molar-refractivity contribution < 1.29 is 9.53 Å². The van der Waals surface area contributed by atoms with Crippen LogP contribution in [0.2, 0.25) is 0 Å². The third-order valence-electron chi connectivity index (χ3n) is 2.14. The Morgan fingerprint density at radius 3 is 2.32 bits per heavy atom. The number of hydrogen-bond acceptors (Lipinski definition) is 9. The number of carbonyl (C=O) groups is 1. The molecule has 2 heterocycles. The zero-order valence-electron chi connectivity index (χ0n) is 10.4. The van der Waals surface area contributed by atoms with Gasteiger partial charge in [0.25, 0.3) is 0 Å². The van der Waals surface area contributed by atoms with E-state index in [4.69, 9.17) is 16.2 Å². The van der Waals surface area contributed by atoms with Crippen molar-refractivity contribution in [1.82, 2.24) is 19.9 Å². The number of hydrogen-bond donors (Lipinski definition) is 2. The molecule has 0 aliphatic rings. The SMILES string of the molecule is Cc1nc(C)c(C(=O)OCc2nc(N)nc(N)n2)s1. The van der Waals surface area contributed by atoms with E-state index in [9.17, 15) is 4.79 Å². The van der Waals surface area contributed by atoms with Gasteiger partial charge in [0.15, 0.2) is 12.4 Å². The Kier molecular flexibility index (Phi) is 3.56. The second-order valence-electron chi connectivity index (χ2n) is 3.69. The highest BCUT2D eigenvalue weighted by atomic mass is 32.1. The molecule has 100 valence electrons. The molecular weight excluding hydrogens is 268 g/mol. The molecule has 0 saturated heterocycles. The summed E-state index contributed by atoms with van der Waals surface area (Å²) in [6.45, 7) is 3.45. The van der Waals surface area contributed by atoms with Gasteiger partial charge in [0.2, 0.25) is 11.9 Å². The molecular formula is C10H12N6O2S. The Balaban J connectivity index is 2.06. The number of carbonyl (C=O) groups excluding carboxylic acids is 1. The van der Waals surface area contributed by atoms with Crippen molar-refractivity contribution in [1.29, 1.82) is 0 Å². The van der Waals surface area contributed by atoms with Crippen molar-refractivity contribution in [2.24, 2.45) is 0 Å². The number of nitrogen functional groups attached to an aromatic ring is 2. The molecule has 0 atom stereocenters. The second-order valence-corrected chi connectivity index (χ2v) is 4.89. The molecule has 0 radical (unpaired) electrons. The van der Waals surface area contributed by atoms with E-state index in [0.717, 1.165) is 5.01 Å². The van der Waals surface area contributed by atoms with E-state index in [1.165, 1.54) is 11.3 Å². The lowest BCUT2D eigenvalue weighted by Crippen LogP contribution is -2.11. The molecule has 0 bridgehead atoms. The predicted molar refractivity (Wildman–Crippen MR) is 69.4 cm³/mol. The van der Waals surface area contributed by atoms with Crippen molar-refractivity contribution in [3.05, 3.63) is 21.4 Å². The first-order valence-electron chi connectivity index (χ1n) is 5.32. The summed E-state index contributed by atoms with van der Waals surface area (Å²) >= 11 is 1.28. The number of anilines is 2. The van der Waals surface area contributed by atoms with Gasteiger partial charge in [0.1, 0.15) is 4.88 Å². The van der Waals surface area contributed by atoms with Crippen LogP contribution in [-0.2, 0) is 11.3 Å². The third-order valence-corrected chi connectivity index (χ3v) is 3.19. The minimum absolute atomic E-state index is 0.0108. The topological polar surface area (TPSA) is 130 Å². The predicted octanol–water partition coefficient (Wildman–Crippen LogP) is 0.466. The zero-order chi connectivity index (χ0) is 14.0. The first-order valence-corrected chi connectivity index (χ1v) is 6.14. The van der Waals surface area contributed by atoms with Crippen LogP contribution in [0.15, 0.2) is 0 Å². The van der Waals surface area contributed by atoms with Gasteiger partial charge in [-0.3, -0.25) is 0 Å². The van der Waals surface area contributed by atoms with Crippen LogP contribution in [0.3, 0.4) is 0 Å². The van der Waals surface area contributed by atoms with Gasteiger partial charge in [0.05, 0.1) is 10.7 Å². The van der Waals surface area contributed by atoms with Crippen molar-refractivity contribution in [2.75, 3.05) is 11.5 Å². The molecule has 0 saturated carbocycles. The number of ether oxygens (including phenoxy) is 1. The van der Waals surface area contributed by atoms with Gasteiger partial charge in [-0.25, -0.2) is 9.78 Å². The standard InChI is InChI=1S/C10H12N6O2S/c1-4-7(19-5(2)13-4)8(17)18-3-6-14-9(11)16-10(12)15-6/h3H2,1-2H3,(H4,11,12,14,15,16). The van der Waals surface area contributed by atoms with Crippen LogP contribution in [0.1, 0.15) is 26.2 Å². The molecule has 0 aliphatic heterocycles. The van der Waals surface area contributed by atoms with Gasteiger partial charge < -0.3 is 16.2 Å². The zero-order valence-corrected chi connectivity index (χ0v) is 11.2. The van der Waals surface area contributed by atoms with Crippen molar-refractivity contribution in [3.8, 4) is 0 Å². The van der Waals surface area contributed by atoms with E-state index < -0.39 is 5.97 Å². The molecule has 0 unspecified atom stereocenters. The van der Waals surface area contributed by atoms with Crippen molar-refractivity contribution in [2.45, 2.75) is 20.5 Å². The summed E-state index contributed by atoms with van der Waals surface area (Å²) in [7, 11) is 0. The molecule has 8 nitrogen and oxygen atoms in total. The highest BCUT2D eigenvalue weighted by Gasteiger charge is 2.16. The lowest BCUT2D eigenvalue weighted by atomic mass is 10.4. The number of esters is 1. The third kappa shape index (κ3) is 3.13. The lowest BCUT2D eigenvalue weighted by Gasteiger charge is -2.03. The number of rotatable bonds is 3. The van der Waals surface area contributed by atoms with Gasteiger partial charge in [0, 0.05) is 0 Å². The molecule has 0 fully saturated rings. The maximum atomic E-state index is 11.8. The minimum atomic E-state index is -0.472. The van der Waals surface area contributed by atoms with E-state index in [-0.39, 0.29) is 24.3 Å². The quantitative estimate of drug-likeness (QED) is 0.776. The maximum Gasteiger partial charge on any atom is 0.350 e. The molecule has 0 amide bonds. The minimum Gasteiger partial charge on any atom is -0.453 e. The summed E-state index contributed by atoms with van der Waals surface area (Å²) in [5.41, 5.74) is 11.5. The molecule has 9 heteroatoms. The maximum absolute atomic E-state index is 11.8. The number of nitrogens with zero attached hydrogens (tertiary/aromatic N) is 4. The Bertz CT molecular complexity index is 606. The Hall–Kier alpha value is -2.29. The summed E-state index contributed by atoms with van der Waals surface area (Å²) in [5, 5.41) is 0.804. The molecule has 0 aromatic carbocycles. The molecule has 0 spiro atoms. The Labute approximate surface area is 112 Å². The number of thiazole rings is 1. The summed E-state index contributed by atoms with van der Waals surface area (Å²) in [5.74, 6) is -0.287. The summed E-state index contributed by atoms with van der Waals surface area (Å²) in [6.07, 6.45) is 0. The summed E-state index contributed by atoms with van der Waals surface area (Å²) < 4.78 is 5.09. The fraction of sp³-hybridized carbons (Fsp3) is 0.300. The lowest BCUT2D eigenvalue weighted by molar-refractivity contribution is 0.0467. The summed E-state index contributed by atoms with van der Waals surface area (Å²) in [6, 6.07) is 0. The average Bonchev–Trinajstić information content (AvgIpc) is 2.64. The Morgan fingerprint density at radius 1 is 1.16 bits per heavy atom. The first-order chi connectivity index (χ1) is 8.95. The highest BCUT2D eigenvalue weighted by Crippen LogP contribution is 2.18. The fourth-order valence-electron chi connectivity index (χ4n) is 1.44. The average molecular weight is 280 g/mol. The van der Waals surface area contributed by atoms with Crippen molar-refractivity contribution >= 4 is 29.2 Å². The van der Waals surface area contributed by atoms with Gasteiger partial charge in [-0.1, -0.05) is 0 Å². The van der Waals surface area contributed by atoms with Crippen LogP contribution in [0.4, 0.5) is 11.9 Å². The van der Waals surface area contributed by atoms with Gasteiger partial charge >= 0.3 is 5.97 Å². The highest BCUT2D eigenvalue weighted by molar-refractivity contribution is 7.13. The van der Waals surface area contributed by atoms with Crippen LogP contribution < -0.4 is 11.5 Å². The smallest absolute Gasteiger partial charge is 0.350 e. The van der Waals surface area contributed by atoms with E-state index in [0.29, 0.717) is 10.6 Å². The molecule has 2 aromatic heterocycles. The van der Waals surface area contributed by atoms with E-state index in [1.54, 1.807) is 6.92 Å². The Morgan fingerprint density at radius 2 is 1.79 bits per heavy atom. The first kappa shape index (κ1) is 13.1. The summed E-state index contributed by atoms with van der Waals surface area (Å²) in [4.78, 5) is 27.7. The van der Waals surface area contributed by atoms with Gasteiger partial charge in [-0.05, 0) is 13.8 Å². The fourth-order valence-corrected chi connectivity index (χ4v) is 2.25. The van der Waals surface area contributed by atoms with Crippen LogP contribution in [-0.4, -0.2) is 25.9 Å².